The molecule has 2 N–H and O–H groups in total. The molecule has 1 aromatic heterocycles. The number of hydrogen-bond acceptors (Lipinski definition) is 2. The van der Waals surface area contributed by atoms with Crippen LogP contribution in [0.4, 0.5) is 4.39 Å². The average Bonchev–Trinajstić information content (AvgIpc) is 2.64. The van der Waals surface area contributed by atoms with Gasteiger partial charge < -0.3 is 5.73 Å². The third kappa shape index (κ3) is 2.05. The normalized spacial score (nSPS) is 10.6. The first kappa shape index (κ1) is 9.86. The van der Waals surface area contributed by atoms with Crippen molar-refractivity contribution in [2.24, 2.45) is 5.73 Å². The first-order valence-corrected chi connectivity index (χ1v) is 4.70. The highest BCUT2D eigenvalue weighted by Gasteiger charge is 2.02. The SMILES string of the molecule is Cc1cnn(-c2cc(F)cc(CN)c2)c1. The summed E-state index contributed by atoms with van der Waals surface area (Å²) in [5, 5.41) is 4.11. The maximum absolute atomic E-state index is 13.2. The van der Waals surface area contributed by atoms with Gasteiger partial charge in [0.25, 0.3) is 0 Å². The van der Waals surface area contributed by atoms with Crippen molar-refractivity contribution >= 4 is 0 Å². The molecule has 0 aliphatic carbocycles. The van der Waals surface area contributed by atoms with Crippen molar-refractivity contribution in [3.63, 3.8) is 0 Å². The van der Waals surface area contributed by atoms with Crippen molar-refractivity contribution in [3.05, 3.63) is 47.5 Å². The van der Waals surface area contributed by atoms with Gasteiger partial charge in [0.1, 0.15) is 5.82 Å². The van der Waals surface area contributed by atoms with Crippen LogP contribution in [0.1, 0.15) is 11.1 Å². The standard InChI is InChI=1S/C11H12FN3/c1-8-6-14-15(7-8)11-3-9(5-13)2-10(12)4-11/h2-4,6-7H,5,13H2,1H3. The molecular formula is C11H12FN3. The molecule has 4 heteroatoms. The average molecular weight is 205 g/mol. The van der Waals surface area contributed by atoms with Crippen molar-refractivity contribution in [1.29, 1.82) is 0 Å². The number of hydrogen-bond donors (Lipinski definition) is 1. The van der Waals surface area contributed by atoms with Crippen molar-refractivity contribution in [2.45, 2.75) is 13.5 Å². The van der Waals surface area contributed by atoms with Gasteiger partial charge >= 0.3 is 0 Å². The highest BCUT2D eigenvalue weighted by molar-refractivity contribution is 5.36. The Hall–Kier alpha value is -1.68. The molecule has 0 aliphatic rings. The van der Waals surface area contributed by atoms with Crippen LogP contribution < -0.4 is 5.73 Å². The Balaban J connectivity index is 2.48. The second-order valence-electron chi connectivity index (χ2n) is 3.48. The number of nitrogens with two attached hydrogens (primary N) is 1. The van der Waals surface area contributed by atoms with Gasteiger partial charge in [-0.05, 0) is 36.2 Å². The summed E-state index contributed by atoms with van der Waals surface area (Å²) in [4.78, 5) is 0. The lowest BCUT2D eigenvalue weighted by Crippen LogP contribution is -2.01. The summed E-state index contributed by atoms with van der Waals surface area (Å²) >= 11 is 0. The predicted octanol–water partition coefficient (Wildman–Crippen LogP) is 1.78. The molecule has 1 heterocycles. The highest BCUT2D eigenvalue weighted by atomic mass is 19.1. The number of rotatable bonds is 2. The molecule has 1 aromatic carbocycles. The quantitative estimate of drug-likeness (QED) is 0.812. The van der Waals surface area contributed by atoms with Crippen molar-refractivity contribution in [2.75, 3.05) is 0 Å². The van der Waals surface area contributed by atoms with Gasteiger partial charge in [0.15, 0.2) is 0 Å². The van der Waals surface area contributed by atoms with Crippen LogP contribution in [0.3, 0.4) is 0 Å². The highest BCUT2D eigenvalue weighted by Crippen LogP contribution is 2.13. The summed E-state index contributed by atoms with van der Waals surface area (Å²) in [6, 6.07) is 4.70. The fourth-order valence-corrected chi connectivity index (χ4v) is 1.44. The maximum atomic E-state index is 13.2. The molecule has 0 amide bonds. The minimum atomic E-state index is -0.291. The molecule has 0 atom stereocenters. The fourth-order valence-electron chi connectivity index (χ4n) is 1.44. The zero-order chi connectivity index (χ0) is 10.8. The molecular weight excluding hydrogens is 193 g/mol. The summed E-state index contributed by atoms with van der Waals surface area (Å²) in [6.45, 7) is 2.26. The van der Waals surface area contributed by atoms with E-state index in [2.05, 4.69) is 5.10 Å². The van der Waals surface area contributed by atoms with Crippen LogP contribution >= 0.6 is 0 Å². The Labute approximate surface area is 87.3 Å². The van der Waals surface area contributed by atoms with Gasteiger partial charge in [-0.25, -0.2) is 9.07 Å². The Morgan fingerprint density at radius 1 is 1.40 bits per heavy atom. The third-order valence-corrected chi connectivity index (χ3v) is 2.15. The molecule has 0 spiro atoms. The van der Waals surface area contributed by atoms with E-state index in [1.54, 1.807) is 10.9 Å². The van der Waals surface area contributed by atoms with E-state index in [-0.39, 0.29) is 5.82 Å². The molecule has 0 saturated carbocycles. The third-order valence-electron chi connectivity index (χ3n) is 2.15. The van der Waals surface area contributed by atoms with Crippen LogP contribution in [-0.4, -0.2) is 9.78 Å². The molecule has 0 unspecified atom stereocenters. The Morgan fingerprint density at radius 2 is 2.20 bits per heavy atom. The minimum absolute atomic E-state index is 0.291. The molecule has 3 nitrogen and oxygen atoms in total. The summed E-state index contributed by atoms with van der Waals surface area (Å²) in [5.74, 6) is -0.291. The van der Waals surface area contributed by atoms with Crippen molar-refractivity contribution < 1.29 is 4.39 Å². The van der Waals surface area contributed by atoms with Crippen molar-refractivity contribution in [1.82, 2.24) is 9.78 Å². The first-order valence-electron chi connectivity index (χ1n) is 4.70. The summed E-state index contributed by atoms with van der Waals surface area (Å²) in [6.07, 6.45) is 3.57. The second kappa shape index (κ2) is 3.82. The van der Waals surface area contributed by atoms with E-state index >= 15 is 0 Å². The van der Waals surface area contributed by atoms with E-state index in [1.807, 2.05) is 19.2 Å². The second-order valence-corrected chi connectivity index (χ2v) is 3.48. The monoisotopic (exact) mass is 205 g/mol. The van der Waals surface area contributed by atoms with Crippen LogP contribution in [0, 0.1) is 12.7 Å². The Morgan fingerprint density at radius 3 is 2.80 bits per heavy atom. The van der Waals surface area contributed by atoms with Gasteiger partial charge in [-0.15, -0.1) is 0 Å². The smallest absolute Gasteiger partial charge is 0.125 e. The van der Waals surface area contributed by atoms with Crippen LogP contribution in [0.15, 0.2) is 30.6 Å². The van der Waals surface area contributed by atoms with E-state index in [1.165, 1.54) is 12.1 Å². The lowest BCUT2D eigenvalue weighted by molar-refractivity contribution is 0.623. The number of halogens is 1. The van der Waals surface area contributed by atoms with E-state index in [0.717, 1.165) is 11.1 Å². The van der Waals surface area contributed by atoms with Gasteiger partial charge in [0.05, 0.1) is 11.9 Å². The topological polar surface area (TPSA) is 43.8 Å². The molecule has 0 aliphatic heterocycles. The fraction of sp³-hybridized carbons (Fsp3) is 0.182. The summed E-state index contributed by atoms with van der Waals surface area (Å²) < 4.78 is 14.8. The Bertz CT molecular complexity index is 476. The van der Waals surface area contributed by atoms with Gasteiger partial charge in [0.2, 0.25) is 0 Å². The zero-order valence-corrected chi connectivity index (χ0v) is 8.44. The molecule has 0 saturated heterocycles. The van der Waals surface area contributed by atoms with Crippen LogP contribution in [0.5, 0.6) is 0 Å². The maximum Gasteiger partial charge on any atom is 0.125 e. The lowest BCUT2D eigenvalue weighted by Gasteiger charge is -2.04. The molecule has 2 aromatic rings. The van der Waals surface area contributed by atoms with Gasteiger partial charge in [-0.1, -0.05) is 0 Å². The van der Waals surface area contributed by atoms with Crippen LogP contribution in [0.2, 0.25) is 0 Å². The van der Waals surface area contributed by atoms with E-state index in [4.69, 9.17) is 5.73 Å². The van der Waals surface area contributed by atoms with Crippen LogP contribution in [0.25, 0.3) is 5.69 Å². The van der Waals surface area contributed by atoms with Gasteiger partial charge in [-0.3, -0.25) is 0 Å². The van der Waals surface area contributed by atoms with Gasteiger partial charge in [-0.2, -0.15) is 5.10 Å². The zero-order valence-electron chi connectivity index (χ0n) is 8.44. The first-order chi connectivity index (χ1) is 7.19. The van der Waals surface area contributed by atoms with E-state index in [0.29, 0.717) is 12.2 Å². The number of benzene rings is 1. The summed E-state index contributed by atoms with van der Waals surface area (Å²) in [5.41, 5.74) is 7.97. The lowest BCUT2D eigenvalue weighted by atomic mass is 10.2. The molecule has 0 bridgehead atoms. The number of nitrogens with zero attached hydrogens (tertiary/aromatic N) is 2. The number of aromatic nitrogens is 2. The largest absolute Gasteiger partial charge is 0.326 e. The minimum Gasteiger partial charge on any atom is -0.326 e. The van der Waals surface area contributed by atoms with Crippen molar-refractivity contribution in [3.8, 4) is 5.69 Å². The van der Waals surface area contributed by atoms with Gasteiger partial charge in [0, 0.05) is 12.7 Å². The number of aryl methyl sites for hydroxylation is 1. The molecule has 0 radical (unpaired) electrons. The Kier molecular flexibility index (Phi) is 2.51. The molecule has 2 rings (SSSR count). The molecule has 0 fully saturated rings. The molecule has 15 heavy (non-hydrogen) atoms. The molecule has 78 valence electrons. The van der Waals surface area contributed by atoms with E-state index in [9.17, 15) is 4.39 Å². The summed E-state index contributed by atoms with van der Waals surface area (Å²) in [7, 11) is 0. The predicted molar refractivity (Wildman–Crippen MR) is 56.2 cm³/mol. The van der Waals surface area contributed by atoms with E-state index < -0.39 is 0 Å². The van der Waals surface area contributed by atoms with Crippen LogP contribution in [-0.2, 0) is 6.54 Å².